The summed E-state index contributed by atoms with van der Waals surface area (Å²) in [4.78, 5) is 22.4. The van der Waals surface area contributed by atoms with Crippen LogP contribution in [0.5, 0.6) is 0 Å². The van der Waals surface area contributed by atoms with E-state index in [4.69, 9.17) is 0 Å². The summed E-state index contributed by atoms with van der Waals surface area (Å²) in [6.45, 7) is 1.33. The minimum atomic E-state index is -2.59. The van der Waals surface area contributed by atoms with Crippen LogP contribution in [0.2, 0.25) is 0 Å². The number of nitrogens with one attached hydrogen (secondary N) is 2. The lowest BCUT2D eigenvalue weighted by Crippen LogP contribution is -2.49. The van der Waals surface area contributed by atoms with Crippen LogP contribution in [0.15, 0.2) is 24.4 Å². The summed E-state index contributed by atoms with van der Waals surface area (Å²) >= 11 is 0. The molecule has 194 valence electrons. The largest absolute Gasteiger partial charge is 0.365 e. The Kier molecular flexibility index (Phi) is 5.80. The summed E-state index contributed by atoms with van der Waals surface area (Å²) < 4.78 is 43.5. The zero-order valence-electron chi connectivity index (χ0n) is 20.0. The summed E-state index contributed by atoms with van der Waals surface area (Å²) in [5.41, 5.74) is 2.60. The third-order valence-corrected chi connectivity index (χ3v) is 6.68. The molecule has 0 aromatic carbocycles. The maximum atomic E-state index is 14.8. The number of piperidine rings is 1. The van der Waals surface area contributed by atoms with Crippen LogP contribution in [0.25, 0.3) is 27.9 Å². The fourth-order valence-electron chi connectivity index (χ4n) is 4.59. The fraction of sp³-hybridized carbons (Fsp3) is 0.478. The molecule has 14 heteroatoms. The zero-order chi connectivity index (χ0) is 25.7. The average molecular weight is 515 g/mol. The van der Waals surface area contributed by atoms with Gasteiger partial charge in [-0.15, -0.1) is 10.2 Å². The number of pyridine rings is 1. The molecule has 6 rings (SSSR count). The maximum Gasteiger partial charge on any atom is 0.258 e. The van der Waals surface area contributed by atoms with Gasteiger partial charge in [-0.25, -0.2) is 27.4 Å². The molecule has 2 atom stereocenters. The van der Waals surface area contributed by atoms with Crippen LogP contribution >= 0.6 is 0 Å². The molecule has 2 N–H and O–H groups in total. The highest BCUT2D eigenvalue weighted by molar-refractivity contribution is 5.89. The third kappa shape index (κ3) is 4.62. The maximum absolute atomic E-state index is 14.8. The number of anilines is 2. The Morgan fingerprint density at radius 1 is 1.16 bits per heavy atom. The van der Waals surface area contributed by atoms with Crippen LogP contribution in [-0.4, -0.2) is 83.2 Å². The van der Waals surface area contributed by atoms with Crippen LogP contribution in [0.4, 0.5) is 24.9 Å². The van der Waals surface area contributed by atoms with Crippen molar-refractivity contribution in [3.63, 3.8) is 0 Å². The topological polar surface area (TPSA) is 118 Å². The molecule has 1 aliphatic heterocycles. The Morgan fingerprint density at radius 3 is 2.73 bits per heavy atom. The average Bonchev–Trinajstić information content (AvgIpc) is 3.43. The smallest absolute Gasteiger partial charge is 0.258 e. The Bertz CT molecular complexity index is 1470. The molecule has 0 spiro atoms. The van der Waals surface area contributed by atoms with E-state index in [9.17, 15) is 18.0 Å². The number of amides is 1. The first-order valence-electron chi connectivity index (χ1n) is 12.2. The van der Waals surface area contributed by atoms with Crippen molar-refractivity contribution in [1.29, 1.82) is 0 Å². The first-order chi connectivity index (χ1) is 17.9. The number of carbonyl (C=O) groups is 1. The van der Waals surface area contributed by atoms with Crippen molar-refractivity contribution in [1.82, 2.24) is 39.5 Å². The van der Waals surface area contributed by atoms with Crippen LogP contribution in [0.3, 0.4) is 0 Å². The minimum absolute atomic E-state index is 0.0290. The van der Waals surface area contributed by atoms with E-state index >= 15 is 0 Å². The number of alkyl halides is 3. The zero-order valence-corrected chi connectivity index (χ0v) is 20.0. The molecule has 11 nitrogen and oxygen atoms in total. The van der Waals surface area contributed by atoms with Gasteiger partial charge < -0.3 is 15.5 Å². The SMILES string of the molecule is CC(=O)N1CC[C@H](Nc2nc(NC3CC3)c3c(-c4ccc5nnn(CC(F)F)c5n4)ccn3n2)[C@H](F)C1. The predicted molar refractivity (Wildman–Crippen MR) is 129 cm³/mol. The number of halogens is 3. The Morgan fingerprint density at radius 2 is 2.00 bits per heavy atom. The number of aromatic nitrogens is 7. The van der Waals surface area contributed by atoms with Gasteiger partial charge in [0.15, 0.2) is 11.5 Å². The molecule has 0 radical (unpaired) electrons. The van der Waals surface area contributed by atoms with Gasteiger partial charge in [-0.3, -0.25) is 4.79 Å². The summed E-state index contributed by atoms with van der Waals surface area (Å²) in [5.74, 6) is 0.691. The van der Waals surface area contributed by atoms with Gasteiger partial charge in [0.2, 0.25) is 11.9 Å². The second-order valence-electron chi connectivity index (χ2n) is 9.45. The number of fused-ring (bicyclic) bond motifs is 2. The Hall–Kier alpha value is -3.97. The lowest BCUT2D eigenvalue weighted by molar-refractivity contribution is -0.131. The minimum Gasteiger partial charge on any atom is -0.365 e. The molecule has 5 heterocycles. The van der Waals surface area contributed by atoms with Crippen LogP contribution in [0, 0.1) is 0 Å². The molecule has 1 aliphatic carbocycles. The number of carbonyl (C=O) groups excluding carboxylic acids is 1. The van der Waals surface area contributed by atoms with E-state index in [1.165, 1.54) is 11.8 Å². The van der Waals surface area contributed by atoms with Crippen molar-refractivity contribution in [2.45, 2.75) is 57.4 Å². The molecule has 1 amide bonds. The quantitative estimate of drug-likeness (QED) is 0.387. The second-order valence-corrected chi connectivity index (χ2v) is 9.45. The van der Waals surface area contributed by atoms with Crippen molar-refractivity contribution < 1.29 is 18.0 Å². The Labute approximate surface area is 209 Å². The van der Waals surface area contributed by atoms with E-state index in [0.29, 0.717) is 41.1 Å². The number of hydrogen-bond donors (Lipinski definition) is 2. The molecule has 1 saturated heterocycles. The monoisotopic (exact) mass is 514 g/mol. The summed E-state index contributed by atoms with van der Waals surface area (Å²) in [5, 5.41) is 18.8. The van der Waals surface area contributed by atoms with Crippen LogP contribution < -0.4 is 10.6 Å². The van der Waals surface area contributed by atoms with Gasteiger partial charge in [0.05, 0.1) is 18.3 Å². The molecule has 0 bridgehead atoms. The van der Waals surface area contributed by atoms with Crippen molar-refractivity contribution >= 4 is 34.4 Å². The van der Waals surface area contributed by atoms with Gasteiger partial charge in [0, 0.05) is 31.3 Å². The van der Waals surface area contributed by atoms with Crippen LogP contribution in [0.1, 0.15) is 26.2 Å². The van der Waals surface area contributed by atoms with E-state index in [2.05, 4.69) is 36.0 Å². The highest BCUT2D eigenvalue weighted by atomic mass is 19.3. The summed E-state index contributed by atoms with van der Waals surface area (Å²) in [6, 6.07) is 5.01. The van der Waals surface area contributed by atoms with E-state index in [1.54, 1.807) is 22.8 Å². The van der Waals surface area contributed by atoms with Gasteiger partial charge in [0.1, 0.15) is 23.7 Å². The highest BCUT2D eigenvalue weighted by Gasteiger charge is 2.31. The number of likely N-dealkylation sites (tertiary alicyclic amines) is 1. The normalized spacial score (nSPS) is 20.2. The van der Waals surface area contributed by atoms with E-state index in [1.807, 2.05) is 6.07 Å². The summed E-state index contributed by atoms with van der Waals surface area (Å²) in [6.07, 6.45) is 0.370. The van der Waals surface area contributed by atoms with E-state index in [-0.39, 0.29) is 30.1 Å². The number of hydrogen-bond acceptors (Lipinski definition) is 8. The lowest BCUT2D eigenvalue weighted by Gasteiger charge is -2.34. The van der Waals surface area contributed by atoms with Crippen molar-refractivity contribution in [3.05, 3.63) is 24.4 Å². The fourth-order valence-corrected chi connectivity index (χ4v) is 4.59. The first kappa shape index (κ1) is 23.4. The molecule has 0 unspecified atom stereocenters. The molecular formula is C23H25F3N10O. The van der Waals surface area contributed by atoms with Gasteiger partial charge in [-0.2, -0.15) is 4.98 Å². The molecule has 4 aromatic heterocycles. The molecule has 37 heavy (non-hydrogen) atoms. The first-order valence-corrected chi connectivity index (χ1v) is 12.2. The van der Waals surface area contributed by atoms with Crippen molar-refractivity contribution in [2.24, 2.45) is 0 Å². The van der Waals surface area contributed by atoms with Gasteiger partial charge in [0.25, 0.3) is 6.43 Å². The second kappa shape index (κ2) is 9.16. The Balaban J connectivity index is 1.35. The molecule has 2 aliphatic rings. The van der Waals surface area contributed by atoms with Gasteiger partial charge in [-0.05, 0) is 37.5 Å². The summed E-state index contributed by atoms with van der Waals surface area (Å²) in [7, 11) is 0. The predicted octanol–water partition coefficient (Wildman–Crippen LogP) is 2.75. The highest BCUT2D eigenvalue weighted by Crippen LogP contribution is 2.33. The van der Waals surface area contributed by atoms with E-state index in [0.717, 1.165) is 17.5 Å². The lowest BCUT2D eigenvalue weighted by atomic mass is 10.0. The van der Waals surface area contributed by atoms with Crippen molar-refractivity contribution in [2.75, 3.05) is 23.7 Å². The molecule has 1 saturated carbocycles. The van der Waals surface area contributed by atoms with E-state index < -0.39 is 25.2 Å². The standard InChI is InChI=1S/C23H25F3N10O/c1-12(37)34-8-7-17(15(24)10-34)29-23-30-21(27-13-2-3-13)20-14(6-9-35(20)32-23)16-4-5-18-22(28-16)36(33-31-18)11-19(25)26/h4-6,9,13,15,17,19H,2-3,7-8,10-11H2,1H3,(H2,27,29,30,32)/t15-,17+/m1/s1. The molecule has 2 fully saturated rings. The van der Waals surface area contributed by atoms with Gasteiger partial charge in [-0.1, -0.05) is 5.21 Å². The van der Waals surface area contributed by atoms with Crippen LogP contribution in [-0.2, 0) is 11.3 Å². The molecular weight excluding hydrogens is 489 g/mol. The number of rotatable bonds is 7. The number of nitrogens with zero attached hydrogens (tertiary/aromatic N) is 8. The third-order valence-electron chi connectivity index (χ3n) is 6.68. The molecule has 4 aromatic rings. The van der Waals surface area contributed by atoms with Crippen molar-refractivity contribution in [3.8, 4) is 11.3 Å². The van der Waals surface area contributed by atoms with Gasteiger partial charge >= 0.3 is 0 Å².